The third-order valence-corrected chi connectivity index (χ3v) is 5.31. The Morgan fingerprint density at radius 3 is 2.29 bits per heavy atom. The Morgan fingerprint density at radius 1 is 0.968 bits per heavy atom. The molecular formula is C24H20F2N2O3. The number of carbonyl (C=O) groups is 2. The van der Waals surface area contributed by atoms with E-state index < -0.39 is 29.1 Å². The van der Waals surface area contributed by atoms with Crippen molar-refractivity contribution in [1.29, 1.82) is 0 Å². The number of hydrogen-bond acceptors (Lipinski definition) is 3. The van der Waals surface area contributed by atoms with E-state index in [1.807, 2.05) is 18.2 Å². The van der Waals surface area contributed by atoms with Crippen LogP contribution in [0.3, 0.4) is 0 Å². The second-order valence-electron chi connectivity index (χ2n) is 7.21. The molecule has 0 saturated heterocycles. The normalized spacial score (nSPS) is 15.6. The van der Waals surface area contributed by atoms with E-state index in [0.29, 0.717) is 17.1 Å². The molecule has 0 unspecified atom stereocenters. The molecule has 0 radical (unpaired) electrons. The van der Waals surface area contributed by atoms with Gasteiger partial charge >= 0.3 is 0 Å². The minimum atomic E-state index is -0.971. The van der Waals surface area contributed by atoms with E-state index in [4.69, 9.17) is 4.74 Å². The zero-order chi connectivity index (χ0) is 22.1. The SMILES string of the molecule is COc1cccc(CN2C(=O)[C@@H](C)N(C(=O)c3c(F)cccc3F)c3ccccc32)c1. The van der Waals surface area contributed by atoms with Crippen molar-refractivity contribution in [2.24, 2.45) is 0 Å². The zero-order valence-corrected chi connectivity index (χ0v) is 17.0. The molecule has 0 aromatic heterocycles. The molecule has 0 spiro atoms. The predicted molar refractivity (Wildman–Crippen MR) is 113 cm³/mol. The van der Waals surface area contributed by atoms with E-state index in [0.717, 1.165) is 22.6 Å². The summed E-state index contributed by atoms with van der Waals surface area (Å²) in [6, 6.07) is 16.4. The maximum Gasteiger partial charge on any atom is 0.265 e. The van der Waals surface area contributed by atoms with Gasteiger partial charge in [0.25, 0.3) is 5.91 Å². The first-order valence-electron chi connectivity index (χ1n) is 9.73. The van der Waals surface area contributed by atoms with Crippen molar-refractivity contribution < 1.29 is 23.1 Å². The first kappa shape index (κ1) is 20.5. The van der Waals surface area contributed by atoms with E-state index in [2.05, 4.69) is 0 Å². The highest BCUT2D eigenvalue weighted by Crippen LogP contribution is 2.38. The van der Waals surface area contributed by atoms with Gasteiger partial charge in [0.15, 0.2) is 0 Å². The second-order valence-corrected chi connectivity index (χ2v) is 7.21. The van der Waals surface area contributed by atoms with Gasteiger partial charge in [-0.25, -0.2) is 8.78 Å². The number of hydrogen-bond donors (Lipinski definition) is 0. The van der Waals surface area contributed by atoms with Crippen LogP contribution < -0.4 is 14.5 Å². The van der Waals surface area contributed by atoms with Gasteiger partial charge in [0, 0.05) is 0 Å². The summed E-state index contributed by atoms with van der Waals surface area (Å²) in [6.45, 7) is 1.81. The third-order valence-electron chi connectivity index (χ3n) is 5.31. The Bertz CT molecular complexity index is 1140. The lowest BCUT2D eigenvalue weighted by Crippen LogP contribution is -2.54. The van der Waals surface area contributed by atoms with Crippen LogP contribution in [0.1, 0.15) is 22.8 Å². The molecule has 0 N–H and O–H groups in total. The maximum atomic E-state index is 14.3. The number of methoxy groups -OCH3 is 1. The Kier molecular flexibility index (Phi) is 5.42. The van der Waals surface area contributed by atoms with Crippen molar-refractivity contribution in [2.45, 2.75) is 19.5 Å². The number of fused-ring (bicyclic) bond motifs is 1. The number of anilines is 2. The molecule has 0 saturated carbocycles. The van der Waals surface area contributed by atoms with Crippen molar-refractivity contribution >= 4 is 23.2 Å². The van der Waals surface area contributed by atoms with Crippen LogP contribution in [-0.2, 0) is 11.3 Å². The summed E-state index contributed by atoms with van der Waals surface area (Å²) in [7, 11) is 1.56. The monoisotopic (exact) mass is 422 g/mol. The van der Waals surface area contributed by atoms with Gasteiger partial charge in [0.2, 0.25) is 5.91 Å². The summed E-state index contributed by atoms with van der Waals surface area (Å²) >= 11 is 0. The number of halogens is 2. The van der Waals surface area contributed by atoms with Crippen molar-refractivity contribution in [3.8, 4) is 5.75 Å². The van der Waals surface area contributed by atoms with Crippen LogP contribution in [0.2, 0.25) is 0 Å². The molecule has 3 aromatic carbocycles. The van der Waals surface area contributed by atoms with Crippen LogP contribution >= 0.6 is 0 Å². The van der Waals surface area contributed by atoms with Crippen molar-refractivity contribution in [2.75, 3.05) is 16.9 Å². The minimum absolute atomic E-state index is 0.257. The van der Waals surface area contributed by atoms with Crippen LogP contribution in [0, 0.1) is 11.6 Å². The van der Waals surface area contributed by atoms with Crippen molar-refractivity contribution in [1.82, 2.24) is 0 Å². The molecule has 5 nitrogen and oxygen atoms in total. The number of amides is 2. The number of nitrogens with zero attached hydrogens (tertiary/aromatic N) is 2. The fourth-order valence-electron chi connectivity index (χ4n) is 3.78. The smallest absolute Gasteiger partial charge is 0.265 e. The summed E-state index contributed by atoms with van der Waals surface area (Å²) in [5.41, 5.74) is 1.05. The molecule has 3 aromatic rings. The molecule has 1 aliphatic rings. The van der Waals surface area contributed by atoms with Crippen LogP contribution in [-0.4, -0.2) is 25.0 Å². The summed E-state index contributed by atoms with van der Waals surface area (Å²) in [5, 5.41) is 0. The Balaban J connectivity index is 1.77. The summed E-state index contributed by atoms with van der Waals surface area (Å²) in [5.74, 6) is -2.53. The van der Waals surface area contributed by atoms with E-state index in [1.54, 1.807) is 49.3 Å². The fourth-order valence-corrected chi connectivity index (χ4v) is 3.78. The van der Waals surface area contributed by atoms with Crippen LogP contribution in [0.25, 0.3) is 0 Å². The lowest BCUT2D eigenvalue weighted by atomic mass is 10.0. The molecule has 2 amide bonds. The van der Waals surface area contributed by atoms with Crippen molar-refractivity contribution in [3.05, 3.63) is 89.5 Å². The number of rotatable bonds is 4. The molecule has 4 rings (SSSR count). The van der Waals surface area contributed by atoms with Gasteiger partial charge < -0.3 is 9.64 Å². The molecule has 0 aliphatic carbocycles. The molecule has 1 aliphatic heterocycles. The quantitative estimate of drug-likeness (QED) is 0.620. The molecule has 0 bridgehead atoms. The molecular weight excluding hydrogens is 402 g/mol. The van der Waals surface area contributed by atoms with E-state index in [9.17, 15) is 18.4 Å². The highest BCUT2D eigenvalue weighted by Gasteiger charge is 2.40. The van der Waals surface area contributed by atoms with Gasteiger partial charge in [-0.1, -0.05) is 30.3 Å². The van der Waals surface area contributed by atoms with Gasteiger partial charge in [0.05, 0.1) is 25.0 Å². The largest absolute Gasteiger partial charge is 0.497 e. The Hall–Kier alpha value is -3.74. The predicted octanol–water partition coefficient (Wildman–Crippen LogP) is 4.56. The lowest BCUT2D eigenvalue weighted by molar-refractivity contribution is -0.119. The zero-order valence-electron chi connectivity index (χ0n) is 17.0. The molecule has 31 heavy (non-hydrogen) atoms. The maximum absolute atomic E-state index is 14.3. The minimum Gasteiger partial charge on any atom is -0.497 e. The van der Waals surface area contributed by atoms with Gasteiger partial charge in [-0.15, -0.1) is 0 Å². The van der Waals surface area contributed by atoms with Crippen LogP contribution in [0.4, 0.5) is 20.2 Å². The average molecular weight is 422 g/mol. The molecule has 1 heterocycles. The number of para-hydroxylation sites is 2. The van der Waals surface area contributed by atoms with E-state index >= 15 is 0 Å². The summed E-state index contributed by atoms with van der Waals surface area (Å²) in [4.78, 5) is 29.2. The number of ether oxygens (including phenoxy) is 1. The Morgan fingerprint density at radius 2 is 1.61 bits per heavy atom. The first-order valence-corrected chi connectivity index (χ1v) is 9.73. The van der Waals surface area contributed by atoms with Gasteiger partial charge in [-0.2, -0.15) is 0 Å². The lowest BCUT2D eigenvalue weighted by Gasteiger charge is -2.40. The topological polar surface area (TPSA) is 49.9 Å². The van der Waals surface area contributed by atoms with Gasteiger partial charge in [-0.05, 0) is 48.9 Å². The molecule has 158 valence electrons. The standard InChI is InChI=1S/C24H20F2N2O3/c1-15-23(29)27(14-16-7-5-8-17(13-16)31-2)20-11-3-4-12-21(20)28(15)24(30)22-18(25)9-6-10-19(22)26/h3-13,15H,14H2,1-2H3/t15-/m1/s1. The van der Waals surface area contributed by atoms with E-state index in [1.165, 1.54) is 6.07 Å². The molecule has 7 heteroatoms. The molecule has 0 fully saturated rings. The highest BCUT2D eigenvalue weighted by molar-refractivity contribution is 6.17. The van der Waals surface area contributed by atoms with Crippen LogP contribution in [0.15, 0.2) is 66.7 Å². The van der Waals surface area contributed by atoms with Crippen LogP contribution in [0.5, 0.6) is 5.75 Å². The van der Waals surface area contributed by atoms with Gasteiger partial charge in [-0.3, -0.25) is 14.5 Å². The summed E-state index contributed by atoms with van der Waals surface area (Å²) < 4.78 is 33.8. The average Bonchev–Trinajstić information content (AvgIpc) is 2.77. The number of carbonyl (C=O) groups excluding carboxylic acids is 2. The first-order chi connectivity index (χ1) is 14.9. The van der Waals surface area contributed by atoms with Crippen molar-refractivity contribution in [3.63, 3.8) is 0 Å². The van der Waals surface area contributed by atoms with Gasteiger partial charge in [0.1, 0.15) is 29.0 Å². The van der Waals surface area contributed by atoms with E-state index in [-0.39, 0.29) is 12.5 Å². The number of benzene rings is 3. The molecule has 1 atom stereocenters. The third kappa shape index (κ3) is 3.63. The summed E-state index contributed by atoms with van der Waals surface area (Å²) in [6.07, 6.45) is 0. The Labute approximate surface area is 178 Å². The highest BCUT2D eigenvalue weighted by atomic mass is 19.1. The second kappa shape index (κ2) is 8.18. The fraction of sp³-hybridized carbons (Fsp3) is 0.167.